The average molecular weight is 349 g/mol. The molecule has 0 aliphatic carbocycles. The molecule has 0 aliphatic heterocycles. The van der Waals surface area contributed by atoms with Gasteiger partial charge in [0.15, 0.2) is 11.6 Å². The minimum atomic E-state index is -0.324. The van der Waals surface area contributed by atoms with Crippen molar-refractivity contribution >= 4 is 28.6 Å². The quantitative estimate of drug-likeness (QED) is 0.611. The summed E-state index contributed by atoms with van der Waals surface area (Å²) in [6.07, 6.45) is 4.30. The maximum absolute atomic E-state index is 13.7. The molecular formula is C15H22BrFOS. The van der Waals surface area contributed by atoms with Crippen molar-refractivity contribution in [3.8, 4) is 5.75 Å². The molecule has 0 amide bonds. The van der Waals surface area contributed by atoms with Crippen molar-refractivity contribution in [2.75, 3.05) is 12.4 Å². The normalized spacial score (nSPS) is 11.6. The number of rotatable bonds is 8. The van der Waals surface area contributed by atoms with E-state index in [1.54, 1.807) is 12.1 Å². The van der Waals surface area contributed by atoms with Crippen LogP contribution >= 0.6 is 28.6 Å². The zero-order valence-electron chi connectivity index (χ0n) is 11.6. The number of hydrogen-bond donors (Lipinski definition) is 1. The zero-order chi connectivity index (χ0) is 14.3. The van der Waals surface area contributed by atoms with Crippen LogP contribution in [0.25, 0.3) is 0 Å². The summed E-state index contributed by atoms with van der Waals surface area (Å²) in [4.78, 5) is 0. The first-order chi connectivity index (χ1) is 9.06. The summed E-state index contributed by atoms with van der Waals surface area (Å²) in [5.41, 5.74) is 0.0477. The molecular weight excluding hydrogens is 327 g/mol. The van der Waals surface area contributed by atoms with Gasteiger partial charge in [0, 0.05) is 9.89 Å². The van der Waals surface area contributed by atoms with Gasteiger partial charge in [0.1, 0.15) is 0 Å². The highest BCUT2D eigenvalue weighted by Gasteiger charge is 2.28. The van der Waals surface area contributed by atoms with Gasteiger partial charge in [-0.1, -0.05) is 42.6 Å². The van der Waals surface area contributed by atoms with Crippen LogP contribution in [0.3, 0.4) is 0 Å². The molecule has 0 spiro atoms. The van der Waals surface area contributed by atoms with E-state index in [9.17, 15) is 4.39 Å². The third-order valence-electron chi connectivity index (χ3n) is 3.32. The fourth-order valence-corrected chi connectivity index (χ4v) is 3.10. The van der Waals surface area contributed by atoms with Crippen LogP contribution in [0.15, 0.2) is 22.7 Å². The Labute approximate surface area is 129 Å². The van der Waals surface area contributed by atoms with Gasteiger partial charge in [0.25, 0.3) is 0 Å². The SMILES string of the molecule is CCCC(CS)(CCC)COc1ccc(Br)cc1F. The first-order valence-electron chi connectivity index (χ1n) is 6.75. The lowest BCUT2D eigenvalue weighted by Gasteiger charge is -2.31. The second kappa shape index (κ2) is 8.15. The molecule has 1 nitrogen and oxygen atoms in total. The number of thiol groups is 1. The van der Waals surface area contributed by atoms with Gasteiger partial charge in [-0.3, -0.25) is 0 Å². The van der Waals surface area contributed by atoms with E-state index in [0.717, 1.165) is 35.9 Å². The molecule has 19 heavy (non-hydrogen) atoms. The predicted molar refractivity (Wildman–Crippen MR) is 85.7 cm³/mol. The topological polar surface area (TPSA) is 9.23 Å². The Balaban J connectivity index is 2.74. The third kappa shape index (κ3) is 4.99. The van der Waals surface area contributed by atoms with Crippen LogP contribution in [0.4, 0.5) is 4.39 Å². The first kappa shape index (κ1) is 16.8. The van der Waals surface area contributed by atoms with E-state index in [1.807, 2.05) is 0 Å². The minimum absolute atomic E-state index is 0.0477. The summed E-state index contributed by atoms with van der Waals surface area (Å²) in [5, 5.41) is 0. The number of halogens is 2. The first-order valence-corrected chi connectivity index (χ1v) is 8.18. The van der Waals surface area contributed by atoms with Crippen LogP contribution in [-0.4, -0.2) is 12.4 Å². The molecule has 0 fully saturated rings. The van der Waals surface area contributed by atoms with Crippen LogP contribution in [0.1, 0.15) is 39.5 Å². The van der Waals surface area contributed by atoms with Crippen molar-refractivity contribution in [1.29, 1.82) is 0 Å². The molecule has 0 aromatic heterocycles. The van der Waals surface area contributed by atoms with Gasteiger partial charge in [-0.05, 0) is 36.8 Å². The van der Waals surface area contributed by atoms with Gasteiger partial charge in [-0.2, -0.15) is 12.6 Å². The number of benzene rings is 1. The van der Waals surface area contributed by atoms with Crippen LogP contribution in [0.5, 0.6) is 5.75 Å². The Hall–Kier alpha value is -0.220. The van der Waals surface area contributed by atoms with Crippen molar-refractivity contribution in [2.45, 2.75) is 39.5 Å². The van der Waals surface area contributed by atoms with Crippen LogP contribution in [-0.2, 0) is 0 Å². The minimum Gasteiger partial charge on any atom is -0.490 e. The van der Waals surface area contributed by atoms with E-state index in [0.29, 0.717) is 12.4 Å². The summed E-state index contributed by atoms with van der Waals surface area (Å²) < 4.78 is 20.2. The Morgan fingerprint density at radius 2 is 1.89 bits per heavy atom. The summed E-state index contributed by atoms with van der Waals surface area (Å²) in [7, 11) is 0. The van der Waals surface area contributed by atoms with Gasteiger partial charge in [-0.15, -0.1) is 0 Å². The van der Waals surface area contributed by atoms with Gasteiger partial charge >= 0.3 is 0 Å². The van der Waals surface area contributed by atoms with E-state index in [-0.39, 0.29) is 11.2 Å². The van der Waals surface area contributed by atoms with Gasteiger partial charge in [0.05, 0.1) is 6.61 Å². The summed E-state index contributed by atoms with van der Waals surface area (Å²) in [6, 6.07) is 4.89. The average Bonchev–Trinajstić information content (AvgIpc) is 2.38. The lowest BCUT2D eigenvalue weighted by atomic mass is 9.82. The molecule has 1 aromatic rings. The fraction of sp³-hybridized carbons (Fsp3) is 0.600. The van der Waals surface area contributed by atoms with E-state index in [1.165, 1.54) is 6.07 Å². The van der Waals surface area contributed by atoms with Crippen molar-refractivity contribution in [1.82, 2.24) is 0 Å². The van der Waals surface area contributed by atoms with E-state index < -0.39 is 0 Å². The Bertz CT molecular complexity index is 392. The van der Waals surface area contributed by atoms with E-state index in [2.05, 4.69) is 42.4 Å². The predicted octanol–water partition coefficient (Wildman–Crippen LogP) is 5.48. The highest BCUT2D eigenvalue weighted by atomic mass is 79.9. The second-order valence-corrected chi connectivity index (χ2v) is 6.25. The van der Waals surface area contributed by atoms with E-state index >= 15 is 0 Å². The monoisotopic (exact) mass is 348 g/mol. The zero-order valence-corrected chi connectivity index (χ0v) is 14.1. The lowest BCUT2D eigenvalue weighted by molar-refractivity contribution is 0.139. The molecule has 1 rings (SSSR count). The van der Waals surface area contributed by atoms with Crippen molar-refractivity contribution < 1.29 is 9.13 Å². The summed E-state index contributed by atoms with van der Waals surface area (Å²) in [5.74, 6) is 0.768. The van der Waals surface area contributed by atoms with Gasteiger partial charge in [-0.25, -0.2) is 4.39 Å². The van der Waals surface area contributed by atoms with Crippen molar-refractivity contribution in [3.05, 3.63) is 28.5 Å². The molecule has 0 aliphatic rings. The maximum Gasteiger partial charge on any atom is 0.166 e. The molecule has 0 N–H and O–H groups in total. The van der Waals surface area contributed by atoms with Crippen LogP contribution in [0.2, 0.25) is 0 Å². The summed E-state index contributed by atoms with van der Waals surface area (Å²) >= 11 is 7.72. The highest BCUT2D eigenvalue weighted by molar-refractivity contribution is 9.10. The largest absolute Gasteiger partial charge is 0.490 e. The Morgan fingerprint density at radius 1 is 1.26 bits per heavy atom. The molecule has 0 heterocycles. The van der Waals surface area contributed by atoms with Gasteiger partial charge in [0.2, 0.25) is 0 Å². The molecule has 0 radical (unpaired) electrons. The van der Waals surface area contributed by atoms with Crippen molar-refractivity contribution in [2.24, 2.45) is 5.41 Å². The molecule has 108 valence electrons. The molecule has 0 saturated heterocycles. The molecule has 1 aromatic carbocycles. The summed E-state index contributed by atoms with van der Waals surface area (Å²) in [6.45, 7) is 4.85. The van der Waals surface area contributed by atoms with Crippen LogP contribution in [0, 0.1) is 11.2 Å². The number of ether oxygens (including phenoxy) is 1. The molecule has 4 heteroatoms. The standard InChI is InChI=1S/C15H22BrFOS/c1-3-7-15(11-19,8-4-2)10-18-14-6-5-12(16)9-13(14)17/h5-6,9,19H,3-4,7-8,10-11H2,1-2H3. The maximum atomic E-state index is 13.7. The smallest absolute Gasteiger partial charge is 0.166 e. The molecule has 0 atom stereocenters. The van der Waals surface area contributed by atoms with Crippen LogP contribution < -0.4 is 4.74 Å². The van der Waals surface area contributed by atoms with Crippen molar-refractivity contribution in [3.63, 3.8) is 0 Å². The lowest BCUT2D eigenvalue weighted by Crippen LogP contribution is -2.30. The second-order valence-electron chi connectivity index (χ2n) is 5.02. The van der Waals surface area contributed by atoms with Gasteiger partial charge < -0.3 is 4.74 Å². The third-order valence-corrected chi connectivity index (χ3v) is 4.49. The molecule has 0 saturated carbocycles. The molecule has 0 bridgehead atoms. The Morgan fingerprint density at radius 3 is 2.37 bits per heavy atom. The fourth-order valence-electron chi connectivity index (χ4n) is 2.36. The van der Waals surface area contributed by atoms with E-state index in [4.69, 9.17) is 4.74 Å². The number of hydrogen-bond acceptors (Lipinski definition) is 2. The Kier molecular flexibility index (Phi) is 7.22. The highest BCUT2D eigenvalue weighted by Crippen LogP contribution is 2.33. The molecule has 0 unspecified atom stereocenters.